The SMILES string of the molecule is CC(=O)NC1C(O)OC(CO)C(OC2OC(CO)C(OC3OC(COC4OC(COC5OC(CO)C(O)C(O)C5O)C(O)C(OC5OC(CO)C(O)C(O)C5OC5OC(CO)C(O)C(O)C5O)C4O)C(O)C(OC4OC(CO)C(O)C(O)C4OC4OC(CO)C(O)C(O)C4OC4OC(CO)C(O)C(O)C4O)C3O)C(O)C2NC(C)=O)C1O. The third-order valence-corrected chi connectivity index (χ3v) is 21.7. The van der Waals surface area contributed by atoms with E-state index in [2.05, 4.69) is 10.6 Å². The van der Waals surface area contributed by atoms with Crippen LogP contribution in [-0.2, 0) is 99.6 Å². The molecule has 53 heteroatoms. The molecule has 32 N–H and O–H groups in total. The van der Waals surface area contributed by atoms with Crippen LogP contribution in [0.15, 0.2) is 0 Å². The maximum Gasteiger partial charge on any atom is 0.217 e. The number of hydrogen-bond donors (Lipinski definition) is 32. The summed E-state index contributed by atoms with van der Waals surface area (Å²) in [6.07, 6.45) is -104. The smallest absolute Gasteiger partial charge is 0.217 e. The van der Waals surface area contributed by atoms with Gasteiger partial charge in [-0.3, -0.25) is 9.59 Å². The highest BCUT2D eigenvalue weighted by molar-refractivity contribution is 5.73. The standard InChI is InChI=1S/C64H108N2O51/c1-13(75)65-25-35(85)48(21(9-73)101-55(25)98)111-56-26(66-14(2)76)36(86)49(22(10-74)108-56)112-61-47(97)51(114-63-54(42(92)32(82)19(7-71)106-63)117-64-53(41(91)31(81)20(8-72)107-64)116-60-45(95)39(89)29(79)17(5-69)104-60)34(84)24(110-61)12-100-58-46(96)50(33(83)23(109-58)11-99-57-43(93)37(87)27(77)15(3-67)102-57)113-62-52(40(90)30(80)18(6-70)105-62)115-59-44(94)38(88)28(78)16(4-68)103-59/h15-64,67-74,77-98H,3-12H2,1-2H3,(H,65,75)(H,66,76). The van der Waals surface area contributed by atoms with Crippen molar-refractivity contribution in [3.63, 3.8) is 0 Å². The molecule has 0 aromatic carbocycles. The normalized spacial score (nSPS) is 51.5. The van der Waals surface area contributed by atoms with Crippen LogP contribution in [-0.4, -0.2) is 538 Å². The Balaban J connectivity index is 1.01. The van der Waals surface area contributed by atoms with E-state index in [0.717, 1.165) is 13.8 Å². The molecule has 0 aliphatic carbocycles. The molecule has 117 heavy (non-hydrogen) atoms. The molecule has 0 bridgehead atoms. The van der Waals surface area contributed by atoms with Crippen molar-refractivity contribution >= 4 is 11.8 Å². The number of rotatable bonds is 30. The molecule has 10 heterocycles. The van der Waals surface area contributed by atoms with Gasteiger partial charge in [0, 0.05) is 13.8 Å². The van der Waals surface area contributed by atoms with E-state index in [1.54, 1.807) is 0 Å². The number of aliphatic hydroxyl groups is 30. The van der Waals surface area contributed by atoms with Gasteiger partial charge in [0.1, 0.15) is 244 Å². The quantitative estimate of drug-likeness (QED) is 0.0318. The zero-order chi connectivity index (χ0) is 85.9. The maximum atomic E-state index is 13.0. The lowest BCUT2D eigenvalue weighted by Gasteiger charge is -2.51. The average Bonchev–Trinajstić information content (AvgIpc) is 0.766. The fourth-order valence-electron chi connectivity index (χ4n) is 15.0. The number of amides is 2. The Kier molecular flexibility index (Phi) is 34.4. The van der Waals surface area contributed by atoms with Crippen molar-refractivity contribution in [2.75, 3.05) is 66.1 Å². The Morgan fingerprint density at radius 3 is 0.829 bits per heavy atom. The highest BCUT2D eigenvalue weighted by Crippen LogP contribution is 2.41. The van der Waals surface area contributed by atoms with Crippen LogP contribution in [0.1, 0.15) is 13.8 Å². The molecular weight excluding hydrogens is 1610 g/mol. The molecule has 0 spiro atoms. The van der Waals surface area contributed by atoms with E-state index in [9.17, 15) is 163 Å². The summed E-state index contributed by atoms with van der Waals surface area (Å²) >= 11 is 0. The monoisotopic (exact) mass is 1720 g/mol. The highest BCUT2D eigenvalue weighted by Gasteiger charge is 2.62. The minimum atomic E-state index is -2.64. The molecule has 680 valence electrons. The molecule has 53 nitrogen and oxygen atoms in total. The van der Waals surface area contributed by atoms with Crippen LogP contribution in [0.3, 0.4) is 0 Å². The van der Waals surface area contributed by atoms with Gasteiger partial charge < -0.3 is 254 Å². The first kappa shape index (κ1) is 96.2. The van der Waals surface area contributed by atoms with Crippen molar-refractivity contribution in [2.24, 2.45) is 0 Å². The number of ether oxygens (including phenoxy) is 19. The van der Waals surface area contributed by atoms with Crippen molar-refractivity contribution in [1.82, 2.24) is 10.6 Å². The maximum absolute atomic E-state index is 13.0. The molecule has 50 atom stereocenters. The molecule has 0 radical (unpaired) electrons. The van der Waals surface area contributed by atoms with Crippen LogP contribution in [0.25, 0.3) is 0 Å². The fourth-order valence-corrected chi connectivity index (χ4v) is 15.0. The summed E-state index contributed by atoms with van der Waals surface area (Å²) < 4.78 is 111. The predicted molar refractivity (Wildman–Crippen MR) is 353 cm³/mol. The number of nitrogens with one attached hydrogen (secondary N) is 2. The highest BCUT2D eigenvalue weighted by atomic mass is 16.8. The van der Waals surface area contributed by atoms with Crippen molar-refractivity contribution in [3.05, 3.63) is 0 Å². The summed E-state index contributed by atoms with van der Waals surface area (Å²) in [6.45, 7) is -9.30. The van der Waals surface area contributed by atoms with E-state index in [-0.39, 0.29) is 0 Å². The molecule has 10 aliphatic rings. The Bertz CT molecular complexity index is 3050. The van der Waals surface area contributed by atoms with Crippen LogP contribution in [0.2, 0.25) is 0 Å². The fraction of sp³-hybridized carbons (Fsp3) is 0.969. The summed E-state index contributed by atoms with van der Waals surface area (Å²) in [5.41, 5.74) is 0. The van der Waals surface area contributed by atoms with Crippen LogP contribution in [0, 0.1) is 0 Å². The second kappa shape index (κ2) is 41.9. The Hall–Kier alpha value is -3.02. The van der Waals surface area contributed by atoms with Crippen molar-refractivity contribution in [2.45, 2.75) is 321 Å². The average molecular weight is 1720 g/mol. The van der Waals surface area contributed by atoms with E-state index in [0.29, 0.717) is 0 Å². The van der Waals surface area contributed by atoms with Gasteiger partial charge in [-0.05, 0) is 0 Å². The predicted octanol–water partition coefficient (Wildman–Crippen LogP) is -22.5. The van der Waals surface area contributed by atoms with Gasteiger partial charge in [0.25, 0.3) is 0 Å². The van der Waals surface area contributed by atoms with E-state index in [4.69, 9.17) is 90.0 Å². The molecule has 10 rings (SSSR count). The van der Waals surface area contributed by atoms with Crippen molar-refractivity contribution in [1.29, 1.82) is 0 Å². The Morgan fingerprint density at radius 1 is 0.222 bits per heavy atom. The molecule has 0 aromatic rings. The molecule has 0 saturated carbocycles. The number of carbonyl (C=O) groups is 2. The summed E-state index contributed by atoms with van der Waals surface area (Å²) in [5, 5.41) is 337. The van der Waals surface area contributed by atoms with E-state index in [1.165, 1.54) is 0 Å². The Labute approximate surface area is 660 Å². The zero-order valence-corrected chi connectivity index (χ0v) is 61.9. The first-order chi connectivity index (χ1) is 55.4. The van der Waals surface area contributed by atoms with Crippen molar-refractivity contribution < 1.29 is 253 Å². The van der Waals surface area contributed by atoms with Gasteiger partial charge in [0.2, 0.25) is 11.8 Å². The van der Waals surface area contributed by atoms with Gasteiger partial charge in [-0.2, -0.15) is 0 Å². The molecule has 10 saturated heterocycles. The second-order valence-corrected chi connectivity index (χ2v) is 29.5. The summed E-state index contributed by atoms with van der Waals surface area (Å²) in [7, 11) is 0. The van der Waals surface area contributed by atoms with E-state index in [1.807, 2.05) is 0 Å². The van der Waals surface area contributed by atoms with Gasteiger partial charge in [-0.25, -0.2) is 0 Å². The molecule has 10 aliphatic heterocycles. The van der Waals surface area contributed by atoms with Crippen LogP contribution in [0.4, 0.5) is 0 Å². The van der Waals surface area contributed by atoms with Gasteiger partial charge >= 0.3 is 0 Å². The summed E-state index contributed by atoms with van der Waals surface area (Å²) in [4.78, 5) is 25.2. The topological polar surface area (TPSA) is 840 Å². The van der Waals surface area contributed by atoms with E-state index >= 15 is 0 Å². The minimum Gasteiger partial charge on any atom is -0.394 e. The molecule has 10 fully saturated rings. The lowest BCUT2D eigenvalue weighted by atomic mass is 9.94. The summed E-state index contributed by atoms with van der Waals surface area (Å²) in [6, 6.07) is -3.64. The third-order valence-electron chi connectivity index (χ3n) is 21.7. The molecule has 0 aromatic heterocycles. The van der Waals surface area contributed by atoms with Gasteiger partial charge in [0.05, 0.1) is 66.1 Å². The Morgan fingerprint density at radius 2 is 0.462 bits per heavy atom. The van der Waals surface area contributed by atoms with E-state index < -0.39 is 385 Å². The summed E-state index contributed by atoms with van der Waals surface area (Å²) in [5.74, 6) is -1.78. The first-order valence-corrected chi connectivity index (χ1v) is 37.2. The number of aliphatic hydroxyl groups excluding tert-OH is 30. The van der Waals surface area contributed by atoms with Gasteiger partial charge in [-0.1, -0.05) is 0 Å². The molecule has 50 unspecified atom stereocenters. The lowest BCUT2D eigenvalue weighted by molar-refractivity contribution is -0.408. The number of hydrogen-bond acceptors (Lipinski definition) is 51. The number of carbonyl (C=O) groups excluding carboxylic acids is 2. The largest absolute Gasteiger partial charge is 0.394 e. The van der Waals surface area contributed by atoms with Crippen LogP contribution in [0.5, 0.6) is 0 Å². The molecular formula is C64H108N2O51. The van der Waals surface area contributed by atoms with Gasteiger partial charge in [-0.15, -0.1) is 0 Å². The first-order valence-electron chi connectivity index (χ1n) is 37.2. The second-order valence-electron chi connectivity index (χ2n) is 29.5. The minimum absolute atomic E-state index is 0.806. The van der Waals surface area contributed by atoms with Crippen LogP contribution >= 0.6 is 0 Å². The molecule has 2 amide bonds. The zero-order valence-electron chi connectivity index (χ0n) is 61.9. The third kappa shape index (κ3) is 20.7. The van der Waals surface area contributed by atoms with Gasteiger partial charge in [0.15, 0.2) is 62.9 Å². The lowest BCUT2D eigenvalue weighted by Crippen LogP contribution is -2.70. The van der Waals surface area contributed by atoms with Crippen molar-refractivity contribution in [3.8, 4) is 0 Å². The van der Waals surface area contributed by atoms with Crippen LogP contribution < -0.4 is 10.6 Å².